The van der Waals surface area contributed by atoms with Gasteiger partial charge in [-0.3, -0.25) is 0 Å². The summed E-state index contributed by atoms with van der Waals surface area (Å²) in [6, 6.07) is 13.4. The first-order valence-electron chi connectivity index (χ1n) is 5.03. The molecule has 0 unspecified atom stereocenters. The second-order valence-corrected chi connectivity index (χ2v) is 4.54. The molecular weight excluding hydrogens is 256 g/mol. The number of phenols is 1. The third-order valence-corrected chi connectivity index (χ3v) is 2.75. The van der Waals surface area contributed by atoms with Gasteiger partial charge in [0.1, 0.15) is 17.2 Å². The molecule has 0 bridgehead atoms. The molecular formula is C12H10O5S. The molecule has 2 aromatic rings. The minimum Gasteiger partial charge on any atom is -0.508 e. The second kappa shape index (κ2) is 4.97. The largest absolute Gasteiger partial charge is 0.508 e. The molecule has 0 amide bonds. The van der Waals surface area contributed by atoms with Gasteiger partial charge in [-0.1, -0.05) is 24.3 Å². The number of phenolic OH excluding ortho intramolecular Hbond substituents is 1. The van der Waals surface area contributed by atoms with Crippen molar-refractivity contribution in [1.82, 2.24) is 0 Å². The maximum absolute atomic E-state index is 11.6. The highest BCUT2D eigenvalue weighted by molar-refractivity contribution is 7.82. The van der Waals surface area contributed by atoms with Crippen molar-refractivity contribution < 1.29 is 21.9 Å². The Morgan fingerprint density at radius 3 is 2.11 bits per heavy atom. The van der Waals surface area contributed by atoms with E-state index in [1.54, 1.807) is 18.2 Å². The summed E-state index contributed by atoms with van der Waals surface area (Å²) >= 11 is 0. The minimum absolute atomic E-state index is 0.0223. The summed E-state index contributed by atoms with van der Waals surface area (Å²) in [6.45, 7) is 0. The molecule has 0 heterocycles. The topological polar surface area (TPSA) is 72.8 Å². The number of aromatic hydroxyl groups is 1. The number of para-hydroxylation sites is 1. The van der Waals surface area contributed by atoms with Crippen molar-refractivity contribution in [3.8, 4) is 17.2 Å². The Balaban J connectivity index is 2.13. The van der Waals surface area contributed by atoms with Crippen molar-refractivity contribution in [1.29, 1.82) is 0 Å². The Morgan fingerprint density at radius 1 is 0.833 bits per heavy atom. The van der Waals surface area contributed by atoms with E-state index in [0.29, 0.717) is 0 Å². The van der Waals surface area contributed by atoms with Crippen molar-refractivity contribution in [2.24, 2.45) is 0 Å². The number of benzene rings is 2. The van der Waals surface area contributed by atoms with Gasteiger partial charge in [-0.15, -0.1) is 8.42 Å². The van der Waals surface area contributed by atoms with Gasteiger partial charge >= 0.3 is 10.4 Å². The molecule has 0 aliphatic carbocycles. The zero-order valence-electron chi connectivity index (χ0n) is 9.18. The lowest BCUT2D eigenvalue weighted by molar-refractivity contribution is 0.391. The molecule has 0 saturated carbocycles. The summed E-state index contributed by atoms with van der Waals surface area (Å²) < 4.78 is 32.5. The standard InChI is InChI=1S/C12H10O5S/c13-10-5-4-8-12(9-10)17-18(14,15)16-11-6-2-1-3-7-11/h1-9,13H. The summed E-state index contributed by atoms with van der Waals surface area (Å²) in [4.78, 5) is 0. The fourth-order valence-electron chi connectivity index (χ4n) is 1.26. The molecule has 1 N–H and O–H groups in total. The molecule has 2 aromatic carbocycles. The van der Waals surface area contributed by atoms with Gasteiger partial charge in [0.25, 0.3) is 0 Å². The van der Waals surface area contributed by atoms with Crippen LogP contribution in [0.4, 0.5) is 0 Å². The van der Waals surface area contributed by atoms with Crippen LogP contribution in [0.5, 0.6) is 17.2 Å². The lowest BCUT2D eigenvalue weighted by Gasteiger charge is -2.07. The molecule has 0 spiro atoms. The van der Waals surface area contributed by atoms with Crippen molar-refractivity contribution in [3.05, 3.63) is 54.6 Å². The molecule has 18 heavy (non-hydrogen) atoms. The van der Waals surface area contributed by atoms with Gasteiger partial charge < -0.3 is 13.5 Å². The predicted octanol–water partition coefficient (Wildman–Crippen LogP) is 2.09. The van der Waals surface area contributed by atoms with Crippen LogP contribution >= 0.6 is 0 Å². The second-order valence-electron chi connectivity index (χ2n) is 3.39. The van der Waals surface area contributed by atoms with Gasteiger partial charge in [0.2, 0.25) is 0 Å². The fraction of sp³-hybridized carbons (Fsp3) is 0. The summed E-state index contributed by atoms with van der Waals surface area (Å²) in [5.41, 5.74) is 0. The molecule has 5 nitrogen and oxygen atoms in total. The summed E-state index contributed by atoms with van der Waals surface area (Å²) in [6.07, 6.45) is 0. The van der Waals surface area contributed by atoms with Gasteiger partial charge in [-0.25, -0.2) is 0 Å². The Labute approximate surface area is 105 Å². The Hall–Kier alpha value is -2.21. The molecule has 0 fully saturated rings. The zero-order valence-corrected chi connectivity index (χ0v) is 10.0. The quantitative estimate of drug-likeness (QED) is 0.917. The van der Waals surface area contributed by atoms with E-state index in [4.69, 9.17) is 4.18 Å². The number of hydrogen-bond acceptors (Lipinski definition) is 5. The van der Waals surface area contributed by atoms with Gasteiger partial charge in [0, 0.05) is 6.07 Å². The molecule has 0 radical (unpaired) electrons. The SMILES string of the molecule is O=S(=O)(Oc1ccccc1)Oc1cccc(O)c1. The molecule has 0 aliphatic rings. The maximum Gasteiger partial charge on any atom is 0.500 e. The smallest absolute Gasteiger partial charge is 0.500 e. The van der Waals surface area contributed by atoms with Gasteiger partial charge in [-0.2, -0.15) is 0 Å². The van der Waals surface area contributed by atoms with Crippen LogP contribution in [0.1, 0.15) is 0 Å². The summed E-state index contributed by atoms with van der Waals surface area (Å²) in [5, 5.41) is 9.18. The first-order valence-corrected chi connectivity index (χ1v) is 6.36. The van der Waals surface area contributed by atoms with E-state index in [2.05, 4.69) is 4.18 Å². The van der Waals surface area contributed by atoms with E-state index < -0.39 is 10.4 Å². The van der Waals surface area contributed by atoms with Crippen molar-refractivity contribution >= 4 is 10.4 Å². The molecule has 6 heteroatoms. The highest BCUT2D eigenvalue weighted by Crippen LogP contribution is 2.20. The van der Waals surface area contributed by atoms with Gasteiger partial charge in [0.05, 0.1) is 0 Å². The van der Waals surface area contributed by atoms with E-state index in [9.17, 15) is 13.5 Å². The summed E-state index contributed by atoms with van der Waals surface area (Å²) in [7, 11) is -4.22. The van der Waals surface area contributed by atoms with Crippen molar-refractivity contribution in [2.75, 3.05) is 0 Å². The molecule has 0 aromatic heterocycles. The molecule has 0 saturated heterocycles. The Morgan fingerprint density at radius 2 is 1.44 bits per heavy atom. The highest BCUT2D eigenvalue weighted by Gasteiger charge is 2.15. The average Bonchev–Trinajstić information content (AvgIpc) is 2.28. The highest BCUT2D eigenvalue weighted by atomic mass is 32.3. The first kappa shape index (κ1) is 12.3. The molecule has 0 aliphatic heterocycles. The molecule has 2 rings (SSSR count). The monoisotopic (exact) mass is 266 g/mol. The van der Waals surface area contributed by atoms with Crippen LogP contribution in [0.2, 0.25) is 0 Å². The van der Waals surface area contributed by atoms with E-state index in [1.165, 1.54) is 36.4 Å². The number of rotatable bonds is 4. The lowest BCUT2D eigenvalue weighted by atomic mass is 10.3. The van der Waals surface area contributed by atoms with Crippen LogP contribution in [-0.4, -0.2) is 13.5 Å². The summed E-state index contributed by atoms with van der Waals surface area (Å²) in [5.74, 6) is 0.0333. The van der Waals surface area contributed by atoms with Crippen molar-refractivity contribution in [3.63, 3.8) is 0 Å². The van der Waals surface area contributed by atoms with E-state index in [0.717, 1.165) is 0 Å². The third-order valence-electron chi connectivity index (χ3n) is 1.96. The van der Waals surface area contributed by atoms with Crippen LogP contribution in [0.25, 0.3) is 0 Å². The predicted molar refractivity (Wildman–Crippen MR) is 64.7 cm³/mol. The normalized spacial score (nSPS) is 10.9. The van der Waals surface area contributed by atoms with Crippen molar-refractivity contribution in [2.45, 2.75) is 0 Å². The molecule has 0 atom stereocenters. The van der Waals surface area contributed by atoms with Crippen LogP contribution in [0.15, 0.2) is 54.6 Å². The van der Waals surface area contributed by atoms with Gasteiger partial charge in [0.15, 0.2) is 0 Å². The van der Waals surface area contributed by atoms with E-state index in [1.807, 2.05) is 0 Å². The molecule has 94 valence electrons. The average molecular weight is 266 g/mol. The third kappa shape index (κ3) is 3.39. The van der Waals surface area contributed by atoms with E-state index in [-0.39, 0.29) is 17.2 Å². The lowest BCUT2D eigenvalue weighted by Crippen LogP contribution is -2.16. The Kier molecular flexibility index (Phi) is 3.38. The van der Waals surface area contributed by atoms with Crippen LogP contribution in [-0.2, 0) is 10.4 Å². The van der Waals surface area contributed by atoms with E-state index >= 15 is 0 Å². The van der Waals surface area contributed by atoms with Crippen LogP contribution in [0, 0.1) is 0 Å². The van der Waals surface area contributed by atoms with Crippen LogP contribution in [0.3, 0.4) is 0 Å². The van der Waals surface area contributed by atoms with Crippen LogP contribution < -0.4 is 8.37 Å². The van der Waals surface area contributed by atoms with Gasteiger partial charge in [-0.05, 0) is 24.3 Å². The first-order chi connectivity index (χ1) is 8.55. The maximum atomic E-state index is 11.6. The Bertz CT molecular complexity index is 622. The fourth-order valence-corrected chi connectivity index (χ4v) is 1.98. The number of hydrogen-bond donors (Lipinski definition) is 1. The zero-order chi connectivity index (χ0) is 13.0. The minimum atomic E-state index is -4.22.